The van der Waals surface area contributed by atoms with Gasteiger partial charge >= 0.3 is 0 Å². The van der Waals surface area contributed by atoms with Crippen LogP contribution in [0.15, 0.2) is 54.7 Å². The molecule has 0 spiro atoms. The number of halogens is 2. The molecule has 3 aromatic rings. The van der Waals surface area contributed by atoms with Gasteiger partial charge in [0.2, 0.25) is 0 Å². The molecule has 1 aliphatic carbocycles. The van der Waals surface area contributed by atoms with Gasteiger partial charge < -0.3 is 4.90 Å². The number of piperazine rings is 1. The van der Waals surface area contributed by atoms with E-state index in [0.29, 0.717) is 23.3 Å². The van der Waals surface area contributed by atoms with Gasteiger partial charge in [-0.05, 0) is 55.7 Å². The van der Waals surface area contributed by atoms with Gasteiger partial charge in [0.1, 0.15) is 6.07 Å². The summed E-state index contributed by atoms with van der Waals surface area (Å²) < 4.78 is 28.8. The van der Waals surface area contributed by atoms with E-state index in [4.69, 9.17) is 0 Å². The highest BCUT2D eigenvalue weighted by Crippen LogP contribution is 2.34. The molecular weight excluding hydrogens is 408 g/mol. The van der Waals surface area contributed by atoms with Crippen LogP contribution in [0.3, 0.4) is 0 Å². The maximum atomic E-state index is 13.6. The van der Waals surface area contributed by atoms with E-state index in [9.17, 15) is 14.0 Å². The van der Waals surface area contributed by atoms with Gasteiger partial charge in [-0.15, -0.1) is 0 Å². The number of para-hydroxylation sites is 1. The fourth-order valence-electron chi connectivity index (χ4n) is 5.03. The molecule has 0 N–H and O–H groups in total. The Balaban J connectivity index is 1.20. The molecule has 5 rings (SSSR count). The number of hydrogen-bond acceptors (Lipinski definition) is 4. The minimum Gasteiger partial charge on any atom is -0.368 e. The van der Waals surface area contributed by atoms with Gasteiger partial charge in [-0.1, -0.05) is 12.1 Å². The van der Waals surface area contributed by atoms with Crippen molar-refractivity contribution in [2.24, 2.45) is 0 Å². The van der Waals surface area contributed by atoms with Crippen LogP contribution in [-0.4, -0.2) is 46.9 Å². The first-order chi connectivity index (χ1) is 15.6. The Morgan fingerprint density at radius 3 is 2.47 bits per heavy atom. The summed E-state index contributed by atoms with van der Waals surface area (Å²) in [4.78, 5) is 4.87. The van der Waals surface area contributed by atoms with E-state index in [-0.39, 0.29) is 0 Å². The summed E-state index contributed by atoms with van der Waals surface area (Å²) in [5, 5.41) is 14.0. The SMILES string of the molecule is N#Cc1ccccc1N1CCN(C2CCC(n3ccc(-c4ccc(F)c(F)c4)n3)C2)CC1. The van der Waals surface area contributed by atoms with Crippen molar-refractivity contribution in [2.75, 3.05) is 31.1 Å². The first kappa shape index (κ1) is 20.7. The van der Waals surface area contributed by atoms with E-state index in [2.05, 4.69) is 21.0 Å². The van der Waals surface area contributed by atoms with Gasteiger partial charge in [-0.2, -0.15) is 10.4 Å². The Labute approximate surface area is 186 Å². The Bertz CT molecular complexity index is 1140. The van der Waals surface area contributed by atoms with Crippen molar-refractivity contribution in [1.29, 1.82) is 5.26 Å². The normalized spacial score (nSPS) is 21.6. The predicted molar refractivity (Wildman–Crippen MR) is 119 cm³/mol. The number of benzene rings is 2. The minimum absolute atomic E-state index is 0.316. The lowest BCUT2D eigenvalue weighted by atomic mass is 10.1. The number of aromatic nitrogens is 2. The minimum atomic E-state index is -0.852. The molecule has 164 valence electrons. The summed E-state index contributed by atoms with van der Waals surface area (Å²) in [6, 6.07) is 16.7. The molecule has 0 radical (unpaired) electrons. The molecule has 2 atom stereocenters. The van der Waals surface area contributed by atoms with Gasteiger partial charge in [0.25, 0.3) is 0 Å². The zero-order valence-corrected chi connectivity index (χ0v) is 17.8. The molecule has 1 saturated heterocycles. The molecular formula is C25H25F2N5. The summed E-state index contributed by atoms with van der Waals surface area (Å²) in [6.07, 6.45) is 5.16. The molecule has 2 heterocycles. The van der Waals surface area contributed by atoms with Crippen molar-refractivity contribution in [2.45, 2.75) is 31.3 Å². The van der Waals surface area contributed by atoms with Crippen molar-refractivity contribution in [3.05, 3.63) is 71.9 Å². The first-order valence-electron chi connectivity index (χ1n) is 11.1. The highest BCUT2D eigenvalue weighted by Gasteiger charge is 2.32. The zero-order valence-electron chi connectivity index (χ0n) is 17.8. The second-order valence-corrected chi connectivity index (χ2v) is 8.58. The standard InChI is InChI=1S/C25H25F2N5/c26-22-8-5-18(15-23(22)27)24-9-10-32(29-24)21-7-6-20(16-21)30-11-13-31(14-12-30)25-4-2-1-3-19(25)17-28/h1-5,8-10,15,20-21H,6-7,11-14,16H2. The second-order valence-electron chi connectivity index (χ2n) is 8.58. The largest absolute Gasteiger partial charge is 0.368 e. The Morgan fingerprint density at radius 2 is 1.69 bits per heavy atom. The van der Waals surface area contributed by atoms with Crippen LogP contribution in [0.25, 0.3) is 11.3 Å². The van der Waals surface area contributed by atoms with Gasteiger partial charge in [0.05, 0.1) is 23.0 Å². The molecule has 2 unspecified atom stereocenters. The molecule has 0 bridgehead atoms. The molecule has 1 saturated carbocycles. The maximum absolute atomic E-state index is 13.6. The highest BCUT2D eigenvalue weighted by molar-refractivity contribution is 5.59. The number of nitriles is 1. The summed E-state index contributed by atoms with van der Waals surface area (Å²) >= 11 is 0. The van der Waals surface area contributed by atoms with Gasteiger partial charge in [-0.25, -0.2) is 8.78 Å². The molecule has 7 heteroatoms. The van der Waals surface area contributed by atoms with Crippen LogP contribution in [0.5, 0.6) is 0 Å². The molecule has 1 aromatic heterocycles. The van der Waals surface area contributed by atoms with Crippen LogP contribution < -0.4 is 4.90 Å². The first-order valence-corrected chi connectivity index (χ1v) is 11.1. The van der Waals surface area contributed by atoms with Crippen LogP contribution in [0, 0.1) is 23.0 Å². The molecule has 2 fully saturated rings. The second kappa shape index (κ2) is 8.71. The molecule has 32 heavy (non-hydrogen) atoms. The third kappa shape index (κ3) is 3.98. The van der Waals surface area contributed by atoms with Crippen molar-refractivity contribution >= 4 is 5.69 Å². The fraction of sp³-hybridized carbons (Fsp3) is 0.360. The average Bonchev–Trinajstić information content (AvgIpc) is 3.51. The lowest BCUT2D eigenvalue weighted by molar-refractivity contribution is 0.183. The smallest absolute Gasteiger partial charge is 0.159 e. The van der Waals surface area contributed by atoms with Crippen molar-refractivity contribution in [1.82, 2.24) is 14.7 Å². The van der Waals surface area contributed by atoms with Gasteiger partial charge in [0, 0.05) is 44.0 Å². The summed E-state index contributed by atoms with van der Waals surface area (Å²) in [6.45, 7) is 3.80. The highest BCUT2D eigenvalue weighted by atomic mass is 19.2. The van der Waals surface area contributed by atoms with Crippen molar-refractivity contribution in [3.8, 4) is 17.3 Å². The number of nitrogens with zero attached hydrogens (tertiary/aromatic N) is 5. The molecule has 5 nitrogen and oxygen atoms in total. The number of rotatable bonds is 4. The number of hydrogen-bond donors (Lipinski definition) is 0. The average molecular weight is 434 g/mol. The lowest BCUT2D eigenvalue weighted by Gasteiger charge is -2.39. The Kier molecular flexibility index (Phi) is 5.62. The molecule has 1 aliphatic heterocycles. The number of anilines is 1. The van der Waals surface area contributed by atoms with E-state index < -0.39 is 11.6 Å². The third-order valence-electron chi connectivity index (χ3n) is 6.77. The van der Waals surface area contributed by atoms with Crippen LogP contribution in [0.1, 0.15) is 30.9 Å². The Hall–Kier alpha value is -3.24. The van der Waals surface area contributed by atoms with Crippen LogP contribution >= 0.6 is 0 Å². The quantitative estimate of drug-likeness (QED) is 0.603. The monoisotopic (exact) mass is 433 g/mol. The Morgan fingerprint density at radius 1 is 0.906 bits per heavy atom. The topological polar surface area (TPSA) is 48.1 Å². The zero-order chi connectivity index (χ0) is 22.1. The van der Waals surface area contributed by atoms with Crippen LogP contribution in [-0.2, 0) is 0 Å². The lowest BCUT2D eigenvalue weighted by Crippen LogP contribution is -2.50. The third-order valence-corrected chi connectivity index (χ3v) is 6.77. The summed E-state index contributed by atoms with van der Waals surface area (Å²) in [5.41, 5.74) is 3.01. The van der Waals surface area contributed by atoms with Crippen molar-refractivity contribution in [3.63, 3.8) is 0 Å². The summed E-state index contributed by atoms with van der Waals surface area (Å²) in [5.74, 6) is -1.70. The predicted octanol–water partition coefficient (Wildman–Crippen LogP) is 4.62. The molecule has 0 amide bonds. The van der Waals surface area contributed by atoms with Gasteiger partial charge in [0.15, 0.2) is 11.6 Å². The van der Waals surface area contributed by atoms with Crippen LogP contribution in [0.2, 0.25) is 0 Å². The van der Waals surface area contributed by atoms with E-state index in [0.717, 1.165) is 62.8 Å². The van der Waals surface area contributed by atoms with E-state index in [1.165, 1.54) is 6.07 Å². The van der Waals surface area contributed by atoms with E-state index in [1.54, 1.807) is 6.07 Å². The van der Waals surface area contributed by atoms with Crippen molar-refractivity contribution < 1.29 is 8.78 Å². The fourth-order valence-corrected chi connectivity index (χ4v) is 5.03. The maximum Gasteiger partial charge on any atom is 0.159 e. The molecule has 2 aromatic carbocycles. The molecule has 2 aliphatic rings. The van der Waals surface area contributed by atoms with Crippen LogP contribution in [0.4, 0.5) is 14.5 Å². The van der Waals surface area contributed by atoms with E-state index in [1.807, 2.05) is 41.2 Å². The van der Waals surface area contributed by atoms with E-state index >= 15 is 0 Å². The summed E-state index contributed by atoms with van der Waals surface area (Å²) in [7, 11) is 0. The van der Waals surface area contributed by atoms with Gasteiger partial charge in [-0.3, -0.25) is 9.58 Å².